The molecule has 9 nitrogen and oxygen atoms in total. The molecule has 9 heteroatoms. The predicted molar refractivity (Wildman–Crippen MR) is 158 cm³/mol. The zero-order valence-corrected chi connectivity index (χ0v) is 22.6. The zero-order chi connectivity index (χ0) is 27.3. The molecular weight excluding hydrogens is 500 g/mol. The molecule has 40 heavy (non-hydrogen) atoms. The minimum Gasteiger partial charge on any atom is -0.370 e. The number of rotatable bonds is 8. The quantitative estimate of drug-likeness (QED) is 0.306. The van der Waals surface area contributed by atoms with Crippen LogP contribution in [0.4, 0.5) is 11.5 Å². The van der Waals surface area contributed by atoms with Crippen molar-refractivity contribution in [3.63, 3.8) is 0 Å². The molecule has 0 radical (unpaired) electrons. The second kappa shape index (κ2) is 11.9. The van der Waals surface area contributed by atoms with Gasteiger partial charge in [0, 0.05) is 48.7 Å². The lowest BCUT2D eigenvalue weighted by Gasteiger charge is -2.40. The van der Waals surface area contributed by atoms with E-state index in [-0.39, 0.29) is 0 Å². The molecule has 4 aromatic rings. The second-order valence-corrected chi connectivity index (χ2v) is 10.8. The van der Waals surface area contributed by atoms with Gasteiger partial charge in [0.1, 0.15) is 18.5 Å². The molecule has 1 aliphatic carbocycles. The average Bonchev–Trinajstić information content (AvgIpc) is 3.54. The number of aromatic nitrogens is 4. The van der Waals surface area contributed by atoms with Crippen LogP contribution in [0.1, 0.15) is 48.9 Å². The van der Waals surface area contributed by atoms with Gasteiger partial charge in [-0.15, -0.1) is 0 Å². The van der Waals surface area contributed by atoms with Crippen molar-refractivity contribution in [2.75, 3.05) is 23.3 Å². The fraction of sp³-hybridized carbons (Fsp3) is 0.355. The molecular formula is C31H36N8O. The first-order chi connectivity index (χ1) is 19.6. The number of pyridine rings is 1. The number of primary amides is 1. The number of hydrogen-bond acceptors (Lipinski definition) is 7. The van der Waals surface area contributed by atoms with Gasteiger partial charge in [0.25, 0.3) is 0 Å². The number of amides is 1. The second-order valence-electron chi connectivity index (χ2n) is 10.8. The van der Waals surface area contributed by atoms with Gasteiger partial charge >= 0.3 is 0 Å². The average molecular weight is 537 g/mol. The van der Waals surface area contributed by atoms with E-state index in [1.807, 2.05) is 30.5 Å². The highest BCUT2D eigenvalue weighted by atomic mass is 16.1. The molecule has 0 bridgehead atoms. The lowest BCUT2D eigenvalue weighted by Crippen LogP contribution is -2.55. The summed E-state index contributed by atoms with van der Waals surface area (Å²) < 4.78 is 1.78. The summed E-state index contributed by atoms with van der Waals surface area (Å²) in [5.41, 5.74) is 10.2. The topological polar surface area (TPSA) is 114 Å². The predicted octanol–water partition coefficient (Wildman–Crippen LogP) is 4.41. The van der Waals surface area contributed by atoms with Crippen LogP contribution in [-0.4, -0.2) is 56.9 Å². The highest BCUT2D eigenvalue weighted by Crippen LogP contribution is 2.27. The minimum atomic E-state index is -0.421. The minimum absolute atomic E-state index is 0.311. The van der Waals surface area contributed by atoms with Crippen molar-refractivity contribution < 1.29 is 4.79 Å². The third-order valence-electron chi connectivity index (χ3n) is 8.11. The van der Waals surface area contributed by atoms with Crippen LogP contribution >= 0.6 is 0 Å². The van der Waals surface area contributed by atoms with Crippen molar-refractivity contribution in [1.82, 2.24) is 25.1 Å². The summed E-state index contributed by atoms with van der Waals surface area (Å²) in [4.78, 5) is 22.8. The maximum atomic E-state index is 11.7. The molecule has 4 N–H and O–H groups in total. The van der Waals surface area contributed by atoms with Crippen molar-refractivity contribution in [1.29, 1.82) is 0 Å². The fourth-order valence-electron chi connectivity index (χ4n) is 6.04. The van der Waals surface area contributed by atoms with Gasteiger partial charge in [0.05, 0.1) is 5.69 Å². The maximum Gasteiger partial charge on any atom is 0.248 e. The molecule has 3 unspecified atom stereocenters. The Balaban J connectivity index is 1.11. The molecule has 0 spiro atoms. The maximum absolute atomic E-state index is 11.7. The molecule has 1 saturated carbocycles. The van der Waals surface area contributed by atoms with Crippen LogP contribution in [0, 0.1) is 0 Å². The number of carbonyl (C=O) groups is 1. The van der Waals surface area contributed by atoms with Crippen LogP contribution in [0.15, 0.2) is 79.5 Å². The van der Waals surface area contributed by atoms with Crippen LogP contribution in [0.5, 0.6) is 0 Å². The van der Waals surface area contributed by atoms with Gasteiger partial charge in [-0.1, -0.05) is 25.0 Å². The molecule has 1 aliphatic heterocycles. The molecule has 3 atom stereocenters. The lowest BCUT2D eigenvalue weighted by atomic mass is 9.89. The Hall–Kier alpha value is -4.24. The third kappa shape index (κ3) is 5.99. The lowest BCUT2D eigenvalue weighted by molar-refractivity contribution is 0.100. The van der Waals surface area contributed by atoms with Gasteiger partial charge in [-0.2, -0.15) is 5.10 Å². The number of nitrogens with zero attached hydrogens (tertiary/aromatic N) is 5. The Kier molecular flexibility index (Phi) is 7.72. The first-order valence-corrected chi connectivity index (χ1v) is 14.2. The number of benzene rings is 2. The third-order valence-corrected chi connectivity index (χ3v) is 8.11. The highest BCUT2D eigenvalue weighted by molar-refractivity contribution is 5.94. The highest BCUT2D eigenvalue weighted by Gasteiger charge is 2.29. The van der Waals surface area contributed by atoms with E-state index < -0.39 is 5.91 Å². The fourth-order valence-corrected chi connectivity index (χ4v) is 6.04. The summed E-state index contributed by atoms with van der Waals surface area (Å²) in [7, 11) is 0. The van der Waals surface area contributed by atoms with E-state index in [4.69, 9.17) is 5.73 Å². The van der Waals surface area contributed by atoms with E-state index in [0.29, 0.717) is 23.7 Å². The van der Waals surface area contributed by atoms with E-state index in [1.54, 1.807) is 23.4 Å². The van der Waals surface area contributed by atoms with Crippen LogP contribution in [0.2, 0.25) is 0 Å². The molecule has 2 aromatic heterocycles. The normalized spacial score (nSPS) is 21.2. The number of piperidine rings is 1. The van der Waals surface area contributed by atoms with Crippen LogP contribution < -0.4 is 21.3 Å². The van der Waals surface area contributed by atoms with Crippen molar-refractivity contribution in [3.05, 3.63) is 85.1 Å². The van der Waals surface area contributed by atoms with Gasteiger partial charge in [-0.3, -0.25) is 4.79 Å². The molecule has 3 heterocycles. The van der Waals surface area contributed by atoms with E-state index in [2.05, 4.69) is 60.9 Å². The molecule has 2 aromatic carbocycles. The Labute approximate surface area is 234 Å². The van der Waals surface area contributed by atoms with Crippen molar-refractivity contribution in [2.24, 2.45) is 5.73 Å². The number of carbonyl (C=O) groups excluding carboxylic acids is 1. The SMILES string of the molecule is NC(=O)c1cccc(-c2ccnc(NC3CCCCC3NC3CCCN(c4ccc(-n5cncn5)cc4)C3)c2)c1. The van der Waals surface area contributed by atoms with E-state index in [9.17, 15) is 4.79 Å². The summed E-state index contributed by atoms with van der Waals surface area (Å²) in [5.74, 6) is 0.439. The molecule has 2 aliphatic rings. The monoisotopic (exact) mass is 536 g/mol. The number of nitrogens with one attached hydrogen (secondary N) is 2. The first-order valence-electron chi connectivity index (χ1n) is 14.2. The Morgan fingerprint density at radius 3 is 2.50 bits per heavy atom. The molecule has 2 fully saturated rings. The molecule has 1 saturated heterocycles. The van der Waals surface area contributed by atoms with Crippen molar-refractivity contribution in [2.45, 2.75) is 56.7 Å². The first kappa shape index (κ1) is 26.0. The van der Waals surface area contributed by atoms with Gasteiger partial charge < -0.3 is 21.3 Å². The van der Waals surface area contributed by atoms with E-state index in [0.717, 1.165) is 48.6 Å². The van der Waals surface area contributed by atoms with Gasteiger partial charge in [0.2, 0.25) is 5.91 Å². The van der Waals surface area contributed by atoms with Crippen LogP contribution in [0.3, 0.4) is 0 Å². The number of anilines is 2. The molecule has 6 rings (SSSR count). The zero-order valence-electron chi connectivity index (χ0n) is 22.6. The summed E-state index contributed by atoms with van der Waals surface area (Å²) in [5, 5.41) is 12.0. The van der Waals surface area contributed by atoms with Gasteiger partial charge in [0.15, 0.2) is 0 Å². The van der Waals surface area contributed by atoms with Gasteiger partial charge in [-0.05, 0) is 85.3 Å². The number of hydrogen-bond donors (Lipinski definition) is 3. The molecule has 1 amide bonds. The Morgan fingerprint density at radius 2 is 1.70 bits per heavy atom. The summed E-state index contributed by atoms with van der Waals surface area (Å²) in [6.45, 7) is 2.07. The van der Waals surface area contributed by atoms with E-state index in [1.165, 1.54) is 31.4 Å². The van der Waals surface area contributed by atoms with Crippen LogP contribution in [0.25, 0.3) is 16.8 Å². The van der Waals surface area contributed by atoms with E-state index >= 15 is 0 Å². The molecule has 206 valence electrons. The van der Waals surface area contributed by atoms with Crippen molar-refractivity contribution >= 4 is 17.4 Å². The summed E-state index contributed by atoms with van der Waals surface area (Å²) in [6.07, 6.45) is 12.2. The van der Waals surface area contributed by atoms with Crippen molar-refractivity contribution in [3.8, 4) is 16.8 Å². The number of nitrogens with two attached hydrogens (primary N) is 1. The Morgan fingerprint density at radius 1 is 0.900 bits per heavy atom. The largest absolute Gasteiger partial charge is 0.370 e. The Bertz CT molecular complexity index is 1420. The van der Waals surface area contributed by atoms with Gasteiger partial charge in [-0.25, -0.2) is 14.6 Å². The smallest absolute Gasteiger partial charge is 0.248 e. The standard InChI is InChI=1S/C31H36N8O/c32-31(40)24-6-3-5-22(17-24)23-14-15-34-30(18-23)37-29-9-2-1-8-28(29)36-25-7-4-16-38(19-25)26-10-12-27(13-11-26)39-21-33-20-35-39/h3,5-6,10-15,17-18,20-21,25,28-29,36H,1-2,4,7-9,16,19H2,(H2,32,40)(H,34,37). The summed E-state index contributed by atoms with van der Waals surface area (Å²) >= 11 is 0. The van der Waals surface area contributed by atoms with Crippen LogP contribution in [-0.2, 0) is 0 Å². The summed E-state index contributed by atoms with van der Waals surface area (Å²) in [6, 6.07) is 21.2.